The summed E-state index contributed by atoms with van der Waals surface area (Å²) in [5.74, 6) is 1.51. The summed E-state index contributed by atoms with van der Waals surface area (Å²) < 4.78 is 5.22. The Kier molecular flexibility index (Phi) is 5.68. The number of anilines is 2. The minimum atomic E-state index is -0.147. The molecule has 3 heterocycles. The van der Waals surface area contributed by atoms with Crippen molar-refractivity contribution in [1.82, 2.24) is 9.97 Å². The number of amides is 1. The van der Waals surface area contributed by atoms with E-state index in [9.17, 15) is 4.79 Å². The molecule has 1 saturated heterocycles. The van der Waals surface area contributed by atoms with Gasteiger partial charge in [-0.05, 0) is 43.7 Å². The molecule has 3 aromatic rings. The van der Waals surface area contributed by atoms with Gasteiger partial charge in [0, 0.05) is 24.8 Å². The molecule has 1 aliphatic heterocycles. The smallest absolute Gasteiger partial charge is 0.265 e. The van der Waals surface area contributed by atoms with Gasteiger partial charge >= 0.3 is 0 Å². The molecule has 0 spiro atoms. The van der Waals surface area contributed by atoms with E-state index >= 15 is 0 Å². The molecule has 0 saturated carbocycles. The minimum absolute atomic E-state index is 0.147. The fourth-order valence-electron chi connectivity index (χ4n) is 3.33. The second-order valence-corrected chi connectivity index (χ2v) is 8.40. The molecule has 146 valence electrons. The van der Waals surface area contributed by atoms with Crippen LogP contribution < -0.4 is 15.0 Å². The van der Waals surface area contributed by atoms with E-state index in [2.05, 4.69) is 15.2 Å². The van der Waals surface area contributed by atoms with Crippen molar-refractivity contribution in [2.75, 3.05) is 36.7 Å². The highest BCUT2D eigenvalue weighted by Crippen LogP contribution is 2.34. The predicted molar refractivity (Wildman–Crippen MR) is 116 cm³/mol. The van der Waals surface area contributed by atoms with Crippen molar-refractivity contribution >= 4 is 50.7 Å². The number of nitrogens with one attached hydrogen (secondary N) is 1. The van der Waals surface area contributed by atoms with Gasteiger partial charge in [0.25, 0.3) is 5.91 Å². The fourth-order valence-corrected chi connectivity index (χ4v) is 4.67. The SMILES string of the molecule is COc1cccc(NC(=O)c2cc3c(N4CCCCC4)nc(SC)nc3s2)c1. The topological polar surface area (TPSA) is 67.3 Å². The number of carbonyl (C=O) groups excluding carboxylic acids is 1. The van der Waals surface area contributed by atoms with Gasteiger partial charge < -0.3 is 15.0 Å². The van der Waals surface area contributed by atoms with E-state index in [0.29, 0.717) is 16.3 Å². The molecule has 1 N–H and O–H groups in total. The summed E-state index contributed by atoms with van der Waals surface area (Å²) in [5, 5.41) is 4.65. The number of carbonyl (C=O) groups is 1. The molecule has 0 unspecified atom stereocenters. The van der Waals surface area contributed by atoms with Crippen LogP contribution in [0.2, 0.25) is 0 Å². The number of hydrogen-bond donors (Lipinski definition) is 1. The van der Waals surface area contributed by atoms with Gasteiger partial charge in [0.05, 0.1) is 17.4 Å². The number of methoxy groups -OCH3 is 1. The second-order valence-electron chi connectivity index (χ2n) is 6.60. The molecule has 0 aliphatic carbocycles. The monoisotopic (exact) mass is 414 g/mol. The maximum Gasteiger partial charge on any atom is 0.265 e. The van der Waals surface area contributed by atoms with Crippen LogP contribution in [0.1, 0.15) is 28.9 Å². The Hall–Kier alpha value is -2.32. The Labute approximate surface area is 172 Å². The van der Waals surface area contributed by atoms with E-state index in [1.54, 1.807) is 13.2 Å². The van der Waals surface area contributed by atoms with Crippen molar-refractivity contribution in [3.63, 3.8) is 0 Å². The number of aromatic nitrogens is 2. The van der Waals surface area contributed by atoms with E-state index in [0.717, 1.165) is 34.3 Å². The van der Waals surface area contributed by atoms with Gasteiger partial charge in [-0.15, -0.1) is 11.3 Å². The van der Waals surface area contributed by atoms with Gasteiger partial charge in [0.15, 0.2) is 5.16 Å². The van der Waals surface area contributed by atoms with Crippen molar-refractivity contribution in [2.45, 2.75) is 24.4 Å². The molecular weight excluding hydrogens is 392 g/mol. The Bertz CT molecular complexity index is 999. The Morgan fingerprint density at radius 2 is 2.04 bits per heavy atom. The van der Waals surface area contributed by atoms with Crippen LogP contribution in [-0.4, -0.2) is 42.3 Å². The summed E-state index contributed by atoms with van der Waals surface area (Å²) in [6, 6.07) is 9.27. The zero-order valence-corrected chi connectivity index (χ0v) is 17.5. The molecule has 0 atom stereocenters. The standard InChI is InChI=1S/C20H22N4O2S2/c1-26-14-8-6-7-13(11-14)21-18(25)16-12-15-17(24-9-4-3-5-10-24)22-20(27-2)23-19(15)28-16/h6-8,11-12H,3-5,9-10H2,1-2H3,(H,21,25). The van der Waals surface area contributed by atoms with Gasteiger partial charge in [0.1, 0.15) is 16.4 Å². The quantitative estimate of drug-likeness (QED) is 0.484. The highest BCUT2D eigenvalue weighted by atomic mass is 32.2. The first-order chi connectivity index (χ1) is 13.7. The Morgan fingerprint density at radius 1 is 1.21 bits per heavy atom. The third-order valence-electron chi connectivity index (χ3n) is 4.74. The van der Waals surface area contributed by atoms with E-state index in [1.165, 1.54) is 42.4 Å². The number of nitrogens with zero attached hydrogens (tertiary/aromatic N) is 3. The molecule has 0 bridgehead atoms. The number of thioether (sulfide) groups is 1. The number of piperidine rings is 1. The van der Waals surface area contributed by atoms with Crippen molar-refractivity contribution in [3.8, 4) is 5.75 Å². The zero-order chi connectivity index (χ0) is 19.5. The van der Waals surface area contributed by atoms with E-state index < -0.39 is 0 Å². The lowest BCUT2D eigenvalue weighted by Gasteiger charge is -2.28. The first-order valence-electron chi connectivity index (χ1n) is 9.24. The molecule has 8 heteroatoms. The molecular formula is C20H22N4O2S2. The Morgan fingerprint density at radius 3 is 2.79 bits per heavy atom. The van der Waals surface area contributed by atoms with Crippen LogP contribution in [0.4, 0.5) is 11.5 Å². The zero-order valence-electron chi connectivity index (χ0n) is 15.9. The van der Waals surface area contributed by atoms with Crippen molar-refractivity contribution in [2.24, 2.45) is 0 Å². The summed E-state index contributed by atoms with van der Waals surface area (Å²) in [4.78, 5) is 26.0. The van der Waals surface area contributed by atoms with Crippen LogP contribution in [0, 0.1) is 0 Å². The van der Waals surface area contributed by atoms with Crippen LogP contribution >= 0.6 is 23.1 Å². The summed E-state index contributed by atoms with van der Waals surface area (Å²) in [5.41, 5.74) is 0.703. The number of fused-ring (bicyclic) bond motifs is 1. The summed E-state index contributed by atoms with van der Waals surface area (Å²) in [6.07, 6.45) is 5.59. The maximum atomic E-state index is 12.8. The minimum Gasteiger partial charge on any atom is -0.497 e. The number of rotatable bonds is 5. The largest absolute Gasteiger partial charge is 0.497 e. The third kappa shape index (κ3) is 3.93. The second kappa shape index (κ2) is 8.36. The van der Waals surface area contributed by atoms with Crippen molar-refractivity contribution < 1.29 is 9.53 Å². The lowest BCUT2D eigenvalue weighted by atomic mass is 10.1. The molecule has 6 nitrogen and oxygen atoms in total. The summed E-state index contributed by atoms with van der Waals surface area (Å²) >= 11 is 2.94. The summed E-state index contributed by atoms with van der Waals surface area (Å²) in [7, 11) is 1.61. The van der Waals surface area contributed by atoms with E-state index in [-0.39, 0.29) is 5.91 Å². The normalized spacial score (nSPS) is 14.3. The van der Waals surface area contributed by atoms with E-state index in [4.69, 9.17) is 9.72 Å². The van der Waals surface area contributed by atoms with Crippen LogP contribution in [-0.2, 0) is 0 Å². The van der Waals surface area contributed by atoms with Crippen LogP contribution in [0.25, 0.3) is 10.2 Å². The number of thiophene rings is 1. The molecule has 28 heavy (non-hydrogen) atoms. The van der Waals surface area contributed by atoms with Crippen molar-refractivity contribution in [1.29, 1.82) is 0 Å². The number of hydrogen-bond acceptors (Lipinski definition) is 7. The van der Waals surface area contributed by atoms with Gasteiger partial charge in [-0.25, -0.2) is 9.97 Å². The van der Waals surface area contributed by atoms with Crippen molar-refractivity contribution in [3.05, 3.63) is 35.2 Å². The van der Waals surface area contributed by atoms with Gasteiger partial charge in [0.2, 0.25) is 0 Å². The lowest BCUT2D eigenvalue weighted by Crippen LogP contribution is -2.30. The van der Waals surface area contributed by atoms with Gasteiger partial charge in [-0.1, -0.05) is 17.8 Å². The third-order valence-corrected chi connectivity index (χ3v) is 6.32. The fraction of sp³-hybridized carbons (Fsp3) is 0.350. The van der Waals surface area contributed by atoms with Gasteiger partial charge in [-0.3, -0.25) is 4.79 Å². The average Bonchev–Trinajstić information content (AvgIpc) is 3.18. The first kappa shape index (κ1) is 19.0. The van der Waals surface area contributed by atoms with Crippen LogP contribution in [0.5, 0.6) is 5.75 Å². The molecule has 4 rings (SSSR count). The number of ether oxygens (including phenoxy) is 1. The Balaban J connectivity index is 1.67. The molecule has 2 aromatic heterocycles. The average molecular weight is 415 g/mol. The van der Waals surface area contributed by atoms with Crippen LogP contribution in [0.3, 0.4) is 0 Å². The highest BCUT2D eigenvalue weighted by Gasteiger charge is 2.21. The molecule has 1 amide bonds. The molecule has 1 aliphatic rings. The molecule has 1 aromatic carbocycles. The predicted octanol–water partition coefficient (Wildman–Crippen LogP) is 4.66. The lowest BCUT2D eigenvalue weighted by molar-refractivity contribution is 0.103. The van der Waals surface area contributed by atoms with E-state index in [1.807, 2.05) is 30.5 Å². The van der Waals surface area contributed by atoms with Gasteiger partial charge in [-0.2, -0.15) is 0 Å². The molecule has 0 radical (unpaired) electrons. The summed E-state index contributed by atoms with van der Waals surface area (Å²) in [6.45, 7) is 2.00. The maximum absolute atomic E-state index is 12.8. The van der Waals surface area contributed by atoms with Crippen LogP contribution in [0.15, 0.2) is 35.5 Å². The highest BCUT2D eigenvalue weighted by molar-refractivity contribution is 7.98. The molecule has 1 fully saturated rings. The first-order valence-corrected chi connectivity index (χ1v) is 11.3. The number of benzene rings is 1.